The Morgan fingerprint density at radius 3 is 2.82 bits per heavy atom. The Labute approximate surface area is 104 Å². The molecule has 1 aliphatic heterocycles. The number of para-hydroxylation sites is 2. The second kappa shape index (κ2) is 3.68. The van der Waals surface area contributed by atoms with Crippen LogP contribution < -0.4 is 10.9 Å². The van der Waals surface area contributed by atoms with Crippen molar-refractivity contribution in [3.8, 4) is 0 Å². The minimum absolute atomic E-state index is 0.925. The molecule has 3 nitrogen and oxygen atoms in total. The summed E-state index contributed by atoms with van der Waals surface area (Å²) >= 11 is 1.70. The van der Waals surface area contributed by atoms with Crippen molar-refractivity contribution in [2.75, 3.05) is 5.01 Å². The molecule has 3 rings (SSSR count). The lowest BCUT2D eigenvalue weighted by atomic mass is 10.2. The van der Waals surface area contributed by atoms with Crippen molar-refractivity contribution >= 4 is 33.4 Å². The van der Waals surface area contributed by atoms with Crippen LogP contribution in [0.15, 0.2) is 35.3 Å². The molecule has 0 atom stereocenters. The van der Waals surface area contributed by atoms with E-state index in [1.807, 2.05) is 31.2 Å². The molecule has 0 radical (unpaired) electrons. The van der Waals surface area contributed by atoms with Gasteiger partial charge in [0.2, 0.25) is 0 Å². The van der Waals surface area contributed by atoms with Gasteiger partial charge < -0.3 is 0 Å². The first kappa shape index (κ1) is 10.5. The highest BCUT2D eigenvalue weighted by Crippen LogP contribution is 2.41. The Bertz CT molecular complexity index is 613. The van der Waals surface area contributed by atoms with E-state index in [9.17, 15) is 0 Å². The molecule has 0 aliphatic carbocycles. The molecular formula is C13H13N3S. The van der Waals surface area contributed by atoms with Gasteiger partial charge in [0.1, 0.15) is 5.00 Å². The van der Waals surface area contributed by atoms with E-state index in [4.69, 9.17) is 5.84 Å². The van der Waals surface area contributed by atoms with Gasteiger partial charge in [-0.2, -0.15) is 0 Å². The highest BCUT2D eigenvalue weighted by atomic mass is 32.1. The normalized spacial score (nSPS) is 13.8. The zero-order chi connectivity index (χ0) is 12.0. The van der Waals surface area contributed by atoms with Crippen molar-refractivity contribution < 1.29 is 0 Å². The van der Waals surface area contributed by atoms with Crippen LogP contribution in [0, 0.1) is 6.92 Å². The fourth-order valence-corrected chi connectivity index (χ4v) is 3.05. The molecule has 1 aromatic carbocycles. The summed E-state index contributed by atoms with van der Waals surface area (Å²) in [5.41, 5.74) is 4.02. The average Bonchev–Trinajstić information content (AvgIpc) is 2.67. The number of hydrazine groups is 1. The summed E-state index contributed by atoms with van der Waals surface area (Å²) in [4.78, 5) is 5.90. The van der Waals surface area contributed by atoms with Crippen LogP contribution in [-0.4, -0.2) is 5.71 Å². The molecule has 86 valence electrons. The van der Waals surface area contributed by atoms with Crippen molar-refractivity contribution in [1.29, 1.82) is 0 Å². The number of nitrogens with two attached hydrogens (primary N) is 1. The molecule has 4 heteroatoms. The maximum atomic E-state index is 6.20. The molecular weight excluding hydrogens is 230 g/mol. The second-order valence-electron chi connectivity index (χ2n) is 4.13. The van der Waals surface area contributed by atoms with E-state index in [-0.39, 0.29) is 0 Å². The van der Waals surface area contributed by atoms with Crippen molar-refractivity contribution in [2.24, 2.45) is 10.8 Å². The molecule has 0 amide bonds. The van der Waals surface area contributed by atoms with Gasteiger partial charge in [-0.1, -0.05) is 12.1 Å². The third-order valence-electron chi connectivity index (χ3n) is 2.87. The number of aryl methyl sites for hydroxylation is 1. The third kappa shape index (κ3) is 1.57. The van der Waals surface area contributed by atoms with Gasteiger partial charge in [0, 0.05) is 16.2 Å². The molecule has 2 aromatic rings. The summed E-state index contributed by atoms with van der Waals surface area (Å²) in [6, 6.07) is 10.1. The van der Waals surface area contributed by atoms with Gasteiger partial charge in [0.05, 0.1) is 11.4 Å². The van der Waals surface area contributed by atoms with Gasteiger partial charge >= 0.3 is 0 Å². The molecule has 0 unspecified atom stereocenters. The molecule has 0 saturated carbocycles. The zero-order valence-electron chi connectivity index (χ0n) is 9.77. The molecule has 0 fully saturated rings. The summed E-state index contributed by atoms with van der Waals surface area (Å²) in [6.45, 7) is 4.12. The third-order valence-corrected chi connectivity index (χ3v) is 3.92. The number of rotatable bonds is 0. The second-order valence-corrected chi connectivity index (χ2v) is 5.37. The van der Waals surface area contributed by atoms with E-state index in [2.05, 4.69) is 18.0 Å². The lowest BCUT2D eigenvalue weighted by Gasteiger charge is -2.17. The van der Waals surface area contributed by atoms with Crippen molar-refractivity contribution in [1.82, 2.24) is 0 Å². The molecule has 2 N–H and O–H groups in total. The smallest absolute Gasteiger partial charge is 0.119 e. The first-order chi connectivity index (χ1) is 8.16. The number of thiophene rings is 1. The monoisotopic (exact) mass is 243 g/mol. The lowest BCUT2D eigenvalue weighted by Crippen LogP contribution is -2.24. The van der Waals surface area contributed by atoms with Gasteiger partial charge in [-0.15, -0.1) is 11.3 Å². The number of fused-ring (bicyclic) bond motifs is 2. The minimum Gasteiger partial charge on any atom is -0.267 e. The van der Waals surface area contributed by atoms with Crippen LogP contribution in [0.5, 0.6) is 0 Å². The summed E-state index contributed by atoms with van der Waals surface area (Å²) in [7, 11) is 0. The van der Waals surface area contributed by atoms with Gasteiger partial charge in [0.15, 0.2) is 0 Å². The molecule has 0 spiro atoms. The fourth-order valence-electron chi connectivity index (χ4n) is 2.05. The van der Waals surface area contributed by atoms with Crippen LogP contribution in [0.3, 0.4) is 0 Å². The van der Waals surface area contributed by atoms with E-state index < -0.39 is 0 Å². The van der Waals surface area contributed by atoms with Crippen LogP contribution in [0.1, 0.15) is 17.4 Å². The van der Waals surface area contributed by atoms with E-state index in [0.29, 0.717) is 0 Å². The Morgan fingerprint density at radius 2 is 2.00 bits per heavy atom. The highest BCUT2D eigenvalue weighted by molar-refractivity contribution is 7.16. The molecule has 0 saturated heterocycles. The maximum absolute atomic E-state index is 6.20. The van der Waals surface area contributed by atoms with Gasteiger partial charge in [0.25, 0.3) is 0 Å². The Morgan fingerprint density at radius 1 is 1.24 bits per heavy atom. The zero-order valence-corrected chi connectivity index (χ0v) is 10.6. The van der Waals surface area contributed by atoms with Crippen molar-refractivity contribution in [3.05, 3.63) is 40.8 Å². The number of benzene rings is 1. The Kier molecular flexibility index (Phi) is 2.28. The summed E-state index contributed by atoms with van der Waals surface area (Å²) in [5.74, 6) is 6.20. The topological polar surface area (TPSA) is 41.6 Å². The summed E-state index contributed by atoms with van der Waals surface area (Å²) < 4.78 is 0. The SMILES string of the molecule is CC1=Nc2ccccc2N(N)c2sc(C)cc21. The van der Waals surface area contributed by atoms with E-state index in [1.54, 1.807) is 16.3 Å². The highest BCUT2D eigenvalue weighted by Gasteiger charge is 2.20. The minimum atomic E-state index is 0.925. The average molecular weight is 243 g/mol. The van der Waals surface area contributed by atoms with E-state index in [1.165, 1.54) is 4.88 Å². The van der Waals surface area contributed by atoms with Crippen LogP contribution in [0.25, 0.3) is 0 Å². The molecule has 0 bridgehead atoms. The van der Waals surface area contributed by atoms with Crippen molar-refractivity contribution in [2.45, 2.75) is 13.8 Å². The summed E-state index contributed by atoms with van der Waals surface area (Å²) in [5, 5.41) is 2.80. The molecule has 17 heavy (non-hydrogen) atoms. The molecule has 1 aliphatic rings. The first-order valence-electron chi connectivity index (χ1n) is 5.47. The quantitative estimate of drug-likeness (QED) is 0.719. The van der Waals surface area contributed by atoms with Crippen LogP contribution >= 0.6 is 11.3 Å². The predicted molar refractivity (Wildman–Crippen MR) is 73.7 cm³/mol. The van der Waals surface area contributed by atoms with Crippen LogP contribution in [0.2, 0.25) is 0 Å². The number of hydrogen-bond acceptors (Lipinski definition) is 4. The largest absolute Gasteiger partial charge is 0.267 e. The van der Waals surface area contributed by atoms with Crippen LogP contribution in [0.4, 0.5) is 16.4 Å². The van der Waals surface area contributed by atoms with Crippen LogP contribution in [-0.2, 0) is 0 Å². The number of anilines is 2. The Balaban J connectivity index is 2.30. The standard InChI is InChI=1S/C13H13N3S/c1-8-7-10-9(2)15-11-5-3-4-6-12(11)16(14)13(10)17-8/h3-7H,14H2,1-2H3. The van der Waals surface area contributed by atoms with Gasteiger partial charge in [-0.25, -0.2) is 5.84 Å². The lowest BCUT2D eigenvalue weighted by molar-refractivity contribution is 1.11. The fraction of sp³-hybridized carbons (Fsp3) is 0.154. The Hall–Kier alpha value is -1.65. The maximum Gasteiger partial charge on any atom is 0.119 e. The number of hydrogen-bond donors (Lipinski definition) is 1. The molecule has 1 aromatic heterocycles. The van der Waals surface area contributed by atoms with Crippen molar-refractivity contribution in [3.63, 3.8) is 0 Å². The first-order valence-corrected chi connectivity index (χ1v) is 6.28. The number of nitrogens with zero attached hydrogens (tertiary/aromatic N) is 2. The summed E-state index contributed by atoms with van der Waals surface area (Å²) in [6.07, 6.45) is 0. The van der Waals surface area contributed by atoms with E-state index >= 15 is 0 Å². The molecule has 2 heterocycles. The van der Waals surface area contributed by atoms with E-state index in [0.717, 1.165) is 27.7 Å². The predicted octanol–water partition coefficient (Wildman–Crippen LogP) is 3.52. The van der Waals surface area contributed by atoms with Gasteiger partial charge in [-0.05, 0) is 32.0 Å². The van der Waals surface area contributed by atoms with Gasteiger partial charge in [-0.3, -0.25) is 10.0 Å². The number of aliphatic imine (C=N–C) groups is 1.